The van der Waals surface area contributed by atoms with Crippen molar-refractivity contribution in [2.75, 3.05) is 6.61 Å². The smallest absolute Gasteiger partial charge is 0.395 e. The monoisotopic (exact) mass is 248 g/mol. The van der Waals surface area contributed by atoms with Crippen LogP contribution in [0.3, 0.4) is 0 Å². The van der Waals surface area contributed by atoms with Gasteiger partial charge in [-0.05, 0) is 36.6 Å². The van der Waals surface area contributed by atoms with Gasteiger partial charge in [0.15, 0.2) is 0 Å². The van der Waals surface area contributed by atoms with Crippen LogP contribution in [0.2, 0.25) is 0 Å². The van der Waals surface area contributed by atoms with E-state index in [9.17, 15) is 22.7 Å². The zero-order chi connectivity index (χ0) is 12.7. The Hall–Kier alpha value is -1.10. The predicted molar refractivity (Wildman–Crippen MR) is 54.0 cm³/mol. The Bertz CT molecular complexity index is 415. The van der Waals surface area contributed by atoms with E-state index in [1.165, 1.54) is 0 Å². The van der Waals surface area contributed by atoms with Crippen LogP contribution in [0.5, 0.6) is 0 Å². The molecular formula is C12H12F4O. The summed E-state index contributed by atoms with van der Waals surface area (Å²) in [6.45, 7) is -0.314. The fourth-order valence-corrected chi connectivity index (χ4v) is 2.22. The van der Waals surface area contributed by atoms with Crippen LogP contribution in [0.15, 0.2) is 18.2 Å². The van der Waals surface area contributed by atoms with Gasteiger partial charge in [0.1, 0.15) is 5.82 Å². The number of hydrogen-bond acceptors (Lipinski definition) is 1. The van der Waals surface area contributed by atoms with Crippen LogP contribution in [0.25, 0.3) is 0 Å². The van der Waals surface area contributed by atoms with Crippen molar-refractivity contribution < 1.29 is 22.7 Å². The second-order valence-electron chi connectivity index (χ2n) is 4.48. The fraction of sp³-hybridized carbons (Fsp3) is 0.500. The molecule has 5 heteroatoms. The second-order valence-corrected chi connectivity index (χ2v) is 4.48. The predicted octanol–water partition coefficient (Wildman–Crippen LogP) is 3.26. The van der Waals surface area contributed by atoms with Gasteiger partial charge in [0, 0.05) is 5.41 Å². The molecule has 0 heterocycles. The van der Waals surface area contributed by atoms with E-state index in [1.54, 1.807) is 0 Å². The summed E-state index contributed by atoms with van der Waals surface area (Å²) >= 11 is 0. The lowest BCUT2D eigenvalue weighted by atomic mass is 9.64. The van der Waals surface area contributed by atoms with Gasteiger partial charge in [-0.25, -0.2) is 4.39 Å². The first-order valence-electron chi connectivity index (χ1n) is 5.37. The summed E-state index contributed by atoms with van der Waals surface area (Å²) in [5.74, 6) is -0.674. The first-order chi connectivity index (χ1) is 7.89. The third-order valence-corrected chi connectivity index (χ3v) is 3.48. The van der Waals surface area contributed by atoms with Crippen LogP contribution in [-0.2, 0) is 11.6 Å². The number of halogens is 4. The summed E-state index contributed by atoms with van der Waals surface area (Å²) in [6.07, 6.45) is -2.62. The van der Waals surface area contributed by atoms with E-state index in [2.05, 4.69) is 0 Å². The summed E-state index contributed by atoms with van der Waals surface area (Å²) in [5.41, 5.74) is -1.69. The van der Waals surface area contributed by atoms with Gasteiger partial charge < -0.3 is 5.11 Å². The Labute approximate surface area is 96.1 Å². The standard InChI is InChI=1S/C12H12F4O/c13-10-3-2-8(12(14,15)16)6-9(10)11(7-17)4-1-5-11/h2-3,6,17H,1,4-5,7H2. The number of hydrogen-bond donors (Lipinski definition) is 1. The fourth-order valence-electron chi connectivity index (χ4n) is 2.22. The van der Waals surface area contributed by atoms with E-state index in [-0.39, 0.29) is 12.2 Å². The third kappa shape index (κ3) is 2.04. The van der Waals surface area contributed by atoms with Crippen molar-refractivity contribution in [1.29, 1.82) is 0 Å². The van der Waals surface area contributed by atoms with Crippen molar-refractivity contribution in [2.45, 2.75) is 30.9 Å². The maximum absolute atomic E-state index is 13.6. The Morgan fingerprint density at radius 3 is 2.29 bits per heavy atom. The van der Waals surface area contributed by atoms with Crippen molar-refractivity contribution in [3.05, 3.63) is 35.1 Å². The van der Waals surface area contributed by atoms with Crippen molar-refractivity contribution in [1.82, 2.24) is 0 Å². The lowest BCUT2D eigenvalue weighted by Crippen LogP contribution is -2.39. The van der Waals surface area contributed by atoms with Gasteiger partial charge >= 0.3 is 6.18 Å². The Morgan fingerprint density at radius 2 is 1.88 bits per heavy atom. The Morgan fingerprint density at radius 1 is 1.24 bits per heavy atom. The first kappa shape index (κ1) is 12.4. The first-order valence-corrected chi connectivity index (χ1v) is 5.37. The molecule has 1 aliphatic rings. The molecule has 1 aliphatic carbocycles. The number of alkyl halides is 3. The van der Waals surface area contributed by atoms with Crippen molar-refractivity contribution >= 4 is 0 Å². The minimum Gasteiger partial charge on any atom is -0.395 e. The van der Waals surface area contributed by atoms with Gasteiger partial charge in [-0.15, -0.1) is 0 Å². The SMILES string of the molecule is OCC1(c2cc(C(F)(F)F)ccc2F)CCC1. The summed E-state index contributed by atoms with van der Waals surface area (Å²) in [5, 5.41) is 9.26. The summed E-state index contributed by atoms with van der Waals surface area (Å²) in [7, 11) is 0. The minimum atomic E-state index is -4.48. The summed E-state index contributed by atoms with van der Waals surface area (Å²) < 4.78 is 51.2. The van der Waals surface area contributed by atoms with Crippen LogP contribution in [0.4, 0.5) is 17.6 Å². The van der Waals surface area contributed by atoms with E-state index in [0.717, 1.165) is 24.6 Å². The molecule has 1 N–H and O–H groups in total. The van der Waals surface area contributed by atoms with Gasteiger partial charge in [0.2, 0.25) is 0 Å². The molecule has 0 saturated heterocycles. The van der Waals surface area contributed by atoms with Crippen LogP contribution in [0.1, 0.15) is 30.4 Å². The van der Waals surface area contributed by atoms with Crippen molar-refractivity contribution in [3.8, 4) is 0 Å². The molecule has 0 bridgehead atoms. The highest BCUT2D eigenvalue weighted by molar-refractivity contribution is 5.35. The molecular weight excluding hydrogens is 236 g/mol. The topological polar surface area (TPSA) is 20.2 Å². The van der Waals surface area contributed by atoms with E-state index in [1.807, 2.05) is 0 Å². The summed E-state index contributed by atoms with van der Waals surface area (Å²) in [6, 6.07) is 2.38. The molecule has 0 aliphatic heterocycles. The summed E-state index contributed by atoms with van der Waals surface area (Å²) in [4.78, 5) is 0. The highest BCUT2D eigenvalue weighted by atomic mass is 19.4. The second kappa shape index (κ2) is 3.98. The molecule has 1 aromatic carbocycles. The average Bonchev–Trinajstić information content (AvgIpc) is 2.18. The molecule has 0 unspecified atom stereocenters. The maximum atomic E-state index is 13.6. The zero-order valence-electron chi connectivity index (χ0n) is 9.02. The van der Waals surface area contributed by atoms with E-state index >= 15 is 0 Å². The molecule has 2 rings (SSSR count). The number of benzene rings is 1. The maximum Gasteiger partial charge on any atom is 0.416 e. The van der Waals surface area contributed by atoms with Crippen LogP contribution >= 0.6 is 0 Å². The third-order valence-electron chi connectivity index (χ3n) is 3.48. The van der Waals surface area contributed by atoms with Gasteiger partial charge in [0.05, 0.1) is 12.2 Å². The average molecular weight is 248 g/mol. The molecule has 1 saturated carbocycles. The van der Waals surface area contributed by atoms with Crippen molar-refractivity contribution in [3.63, 3.8) is 0 Å². The molecule has 17 heavy (non-hydrogen) atoms. The highest BCUT2D eigenvalue weighted by Crippen LogP contribution is 2.45. The molecule has 0 amide bonds. The van der Waals surface area contributed by atoms with E-state index in [0.29, 0.717) is 12.8 Å². The molecule has 0 spiro atoms. The number of aliphatic hydroxyl groups excluding tert-OH is 1. The highest BCUT2D eigenvalue weighted by Gasteiger charge is 2.41. The molecule has 0 atom stereocenters. The lowest BCUT2D eigenvalue weighted by molar-refractivity contribution is -0.137. The quantitative estimate of drug-likeness (QED) is 0.796. The van der Waals surface area contributed by atoms with E-state index < -0.39 is 23.0 Å². The van der Waals surface area contributed by atoms with Crippen LogP contribution in [0, 0.1) is 5.82 Å². The normalized spacial score (nSPS) is 18.9. The van der Waals surface area contributed by atoms with Crippen LogP contribution in [-0.4, -0.2) is 11.7 Å². The largest absolute Gasteiger partial charge is 0.416 e. The van der Waals surface area contributed by atoms with E-state index in [4.69, 9.17) is 0 Å². The number of aliphatic hydroxyl groups is 1. The number of rotatable bonds is 2. The Balaban J connectivity index is 2.46. The van der Waals surface area contributed by atoms with Crippen LogP contribution < -0.4 is 0 Å². The molecule has 1 aromatic rings. The molecule has 0 aromatic heterocycles. The van der Waals surface area contributed by atoms with Crippen molar-refractivity contribution in [2.24, 2.45) is 0 Å². The van der Waals surface area contributed by atoms with Gasteiger partial charge in [0.25, 0.3) is 0 Å². The molecule has 94 valence electrons. The molecule has 1 nitrogen and oxygen atoms in total. The van der Waals surface area contributed by atoms with Gasteiger partial charge in [-0.2, -0.15) is 13.2 Å². The van der Waals surface area contributed by atoms with Gasteiger partial charge in [-0.1, -0.05) is 6.42 Å². The molecule has 1 fully saturated rings. The molecule has 0 radical (unpaired) electrons. The Kier molecular flexibility index (Phi) is 2.89. The minimum absolute atomic E-state index is 0.0129. The lowest BCUT2D eigenvalue weighted by Gasteiger charge is -2.41. The van der Waals surface area contributed by atoms with Gasteiger partial charge in [-0.3, -0.25) is 0 Å². The zero-order valence-corrected chi connectivity index (χ0v) is 9.02.